The molecule has 0 saturated carbocycles. The van der Waals surface area contributed by atoms with Crippen molar-refractivity contribution in [3.8, 4) is 0 Å². The Kier molecular flexibility index (Phi) is 3.17. The highest BCUT2D eigenvalue weighted by atomic mass is 32.2. The van der Waals surface area contributed by atoms with E-state index in [1.54, 1.807) is 36.8 Å². The predicted octanol–water partition coefficient (Wildman–Crippen LogP) is 1.16. The molecule has 0 amide bonds. The molecule has 0 heterocycles. The fraction of sp³-hybridized carbons (Fsp3) is 0.250. The van der Waals surface area contributed by atoms with Crippen molar-refractivity contribution in [1.29, 1.82) is 0 Å². The lowest BCUT2D eigenvalue weighted by molar-refractivity contribution is 0.678. The summed E-state index contributed by atoms with van der Waals surface area (Å²) in [6, 6.07) is 7.08. The third-order valence-corrected chi connectivity index (χ3v) is 3.55. The normalized spacial score (nSPS) is 15.5. The molecule has 0 aromatic heterocycles. The second-order valence-corrected chi connectivity index (χ2v) is 5.05. The molecule has 0 N–H and O–H groups in total. The Balaban J connectivity index is 3.27. The third kappa shape index (κ3) is 2.01. The minimum atomic E-state index is -1.05. The van der Waals surface area contributed by atoms with Gasteiger partial charge in [0.2, 0.25) is 0 Å². The summed E-state index contributed by atoms with van der Waals surface area (Å²) >= 11 is 0. The monoisotopic (exact) mass is 202 g/mol. The van der Waals surface area contributed by atoms with E-state index in [9.17, 15) is 8.42 Å². The van der Waals surface area contributed by atoms with E-state index in [2.05, 4.69) is 0 Å². The first-order valence-electron chi connectivity index (χ1n) is 3.39. The van der Waals surface area contributed by atoms with Gasteiger partial charge in [-0.15, -0.1) is 0 Å². The zero-order valence-corrected chi connectivity index (χ0v) is 8.58. The molecule has 0 radical (unpaired) electrons. The largest absolute Gasteiger partial charge is 0.255 e. The number of hydrogen-bond acceptors (Lipinski definition) is 2. The molecule has 0 aliphatic carbocycles. The van der Waals surface area contributed by atoms with Gasteiger partial charge in [0.25, 0.3) is 0 Å². The Morgan fingerprint density at radius 1 is 0.917 bits per heavy atom. The maximum Gasteiger partial charge on any atom is 0.0546 e. The summed E-state index contributed by atoms with van der Waals surface area (Å²) in [5.74, 6) is 0. The van der Waals surface area contributed by atoms with Gasteiger partial charge in [-0.25, -0.2) is 0 Å². The van der Waals surface area contributed by atoms with Crippen LogP contribution in [0.25, 0.3) is 0 Å². The van der Waals surface area contributed by atoms with E-state index in [-0.39, 0.29) is 0 Å². The van der Waals surface area contributed by atoms with Gasteiger partial charge in [0.05, 0.1) is 31.4 Å². The van der Waals surface area contributed by atoms with E-state index in [0.717, 1.165) is 0 Å². The van der Waals surface area contributed by atoms with Crippen molar-refractivity contribution < 1.29 is 8.42 Å². The number of benzene rings is 1. The molecule has 2 atom stereocenters. The topological polar surface area (TPSA) is 34.1 Å². The Morgan fingerprint density at radius 3 is 1.50 bits per heavy atom. The highest BCUT2D eigenvalue weighted by Crippen LogP contribution is 2.15. The Morgan fingerprint density at radius 2 is 1.25 bits per heavy atom. The third-order valence-electron chi connectivity index (χ3n) is 1.47. The molecule has 1 aromatic carbocycles. The maximum absolute atomic E-state index is 11.1. The van der Waals surface area contributed by atoms with Crippen LogP contribution >= 0.6 is 0 Å². The molecule has 66 valence electrons. The van der Waals surface area contributed by atoms with Crippen LogP contribution in [0.3, 0.4) is 0 Å². The van der Waals surface area contributed by atoms with Crippen LogP contribution < -0.4 is 0 Å². The first kappa shape index (κ1) is 9.61. The molecule has 1 rings (SSSR count). The van der Waals surface area contributed by atoms with Gasteiger partial charge in [0.15, 0.2) is 0 Å². The van der Waals surface area contributed by atoms with E-state index in [1.165, 1.54) is 0 Å². The van der Waals surface area contributed by atoms with Crippen LogP contribution in [0.4, 0.5) is 0 Å². The summed E-state index contributed by atoms with van der Waals surface area (Å²) in [5, 5.41) is 0. The van der Waals surface area contributed by atoms with Gasteiger partial charge < -0.3 is 0 Å². The number of hydrogen-bond donors (Lipinski definition) is 0. The van der Waals surface area contributed by atoms with E-state index in [4.69, 9.17) is 0 Å². The van der Waals surface area contributed by atoms with Crippen LogP contribution in [0.5, 0.6) is 0 Å². The molecule has 12 heavy (non-hydrogen) atoms. The van der Waals surface area contributed by atoms with Crippen LogP contribution in [-0.4, -0.2) is 20.9 Å². The molecule has 0 aliphatic heterocycles. The molecule has 4 heteroatoms. The zero-order chi connectivity index (χ0) is 9.14. The van der Waals surface area contributed by atoms with Crippen molar-refractivity contribution in [1.82, 2.24) is 0 Å². The van der Waals surface area contributed by atoms with Gasteiger partial charge >= 0.3 is 0 Å². The lowest BCUT2D eigenvalue weighted by Crippen LogP contribution is -1.96. The van der Waals surface area contributed by atoms with Crippen molar-refractivity contribution in [3.05, 3.63) is 24.3 Å². The second kappa shape index (κ2) is 3.96. The van der Waals surface area contributed by atoms with Crippen LogP contribution in [0.1, 0.15) is 0 Å². The number of rotatable bonds is 2. The van der Waals surface area contributed by atoms with Crippen LogP contribution in [-0.2, 0) is 21.6 Å². The van der Waals surface area contributed by atoms with Gasteiger partial charge in [0.1, 0.15) is 0 Å². The molecular formula is C8H10O2S2. The molecule has 1 aromatic rings. The maximum atomic E-state index is 11.1. The highest BCUT2D eigenvalue weighted by molar-refractivity contribution is 7.87. The molecule has 0 aliphatic rings. The van der Waals surface area contributed by atoms with Crippen molar-refractivity contribution >= 4 is 21.6 Å². The SMILES string of the molecule is CS(=O)c1ccccc1S(C)=O. The van der Waals surface area contributed by atoms with Gasteiger partial charge in [-0.05, 0) is 12.1 Å². The van der Waals surface area contributed by atoms with Crippen molar-refractivity contribution in [2.24, 2.45) is 0 Å². The average Bonchev–Trinajstić information content (AvgIpc) is 2.04. The average molecular weight is 202 g/mol. The lowest BCUT2D eigenvalue weighted by Gasteiger charge is -2.02. The minimum absolute atomic E-state index is 0.665. The smallest absolute Gasteiger partial charge is 0.0546 e. The minimum Gasteiger partial charge on any atom is -0.255 e. The molecule has 2 nitrogen and oxygen atoms in total. The first-order chi connectivity index (χ1) is 5.63. The molecule has 0 bridgehead atoms. The summed E-state index contributed by atoms with van der Waals surface area (Å²) in [6.45, 7) is 0. The summed E-state index contributed by atoms with van der Waals surface area (Å²) < 4.78 is 22.3. The van der Waals surface area contributed by atoms with Crippen molar-refractivity contribution in [2.45, 2.75) is 9.79 Å². The van der Waals surface area contributed by atoms with Gasteiger partial charge in [-0.3, -0.25) is 8.42 Å². The predicted molar refractivity (Wildman–Crippen MR) is 51.1 cm³/mol. The van der Waals surface area contributed by atoms with Crippen LogP contribution in [0, 0.1) is 0 Å². The second-order valence-electron chi connectivity index (χ2n) is 2.35. The molecule has 0 saturated heterocycles. The van der Waals surface area contributed by atoms with Gasteiger partial charge in [-0.1, -0.05) is 12.1 Å². The Bertz CT molecular complexity index is 301. The van der Waals surface area contributed by atoms with Crippen molar-refractivity contribution in [2.75, 3.05) is 12.5 Å². The molecule has 0 fully saturated rings. The van der Waals surface area contributed by atoms with Gasteiger partial charge in [-0.2, -0.15) is 0 Å². The lowest BCUT2D eigenvalue weighted by atomic mass is 10.4. The fourth-order valence-corrected chi connectivity index (χ4v) is 2.87. The van der Waals surface area contributed by atoms with E-state index >= 15 is 0 Å². The highest BCUT2D eigenvalue weighted by Gasteiger charge is 2.06. The van der Waals surface area contributed by atoms with E-state index in [1.807, 2.05) is 0 Å². The summed E-state index contributed by atoms with van der Waals surface area (Å²) in [7, 11) is -2.11. The summed E-state index contributed by atoms with van der Waals surface area (Å²) in [4.78, 5) is 1.33. The summed E-state index contributed by atoms with van der Waals surface area (Å²) in [6.07, 6.45) is 3.18. The van der Waals surface area contributed by atoms with Crippen LogP contribution in [0.2, 0.25) is 0 Å². The fourth-order valence-electron chi connectivity index (χ4n) is 0.925. The van der Waals surface area contributed by atoms with Crippen molar-refractivity contribution in [3.63, 3.8) is 0 Å². The van der Waals surface area contributed by atoms with E-state index in [0.29, 0.717) is 9.79 Å². The molecular weight excluding hydrogens is 192 g/mol. The summed E-state index contributed by atoms with van der Waals surface area (Å²) in [5.41, 5.74) is 0. The Hall–Kier alpha value is -0.480. The quantitative estimate of drug-likeness (QED) is 0.721. The van der Waals surface area contributed by atoms with Gasteiger partial charge in [0, 0.05) is 12.5 Å². The standard InChI is InChI=1S/C8H10O2S2/c1-11(9)7-5-3-4-6-8(7)12(2)10/h3-6H,1-2H3. The first-order valence-corrected chi connectivity index (χ1v) is 6.50. The van der Waals surface area contributed by atoms with Crippen LogP contribution in [0.15, 0.2) is 34.1 Å². The van der Waals surface area contributed by atoms with E-state index < -0.39 is 21.6 Å². The molecule has 0 spiro atoms. The zero-order valence-electron chi connectivity index (χ0n) is 6.94. The Labute approximate surface area is 76.9 Å². The molecule has 2 unspecified atom stereocenters.